The number of rotatable bonds is 6. The molecular formula is C22H20N2O5. The summed E-state index contributed by atoms with van der Waals surface area (Å²) in [5, 5.41) is 2.70. The highest BCUT2D eigenvalue weighted by atomic mass is 16.5. The van der Waals surface area contributed by atoms with Crippen LogP contribution in [0.2, 0.25) is 0 Å². The maximum atomic E-state index is 12.5. The van der Waals surface area contributed by atoms with Crippen LogP contribution in [-0.2, 0) is 18.4 Å². The number of benzene rings is 2. The van der Waals surface area contributed by atoms with Crippen LogP contribution in [0, 0.1) is 0 Å². The average molecular weight is 392 g/mol. The van der Waals surface area contributed by atoms with Crippen LogP contribution < -0.4 is 15.5 Å². The minimum Gasteiger partial charge on any atom is -0.483 e. The fourth-order valence-electron chi connectivity index (χ4n) is 2.68. The molecule has 29 heavy (non-hydrogen) atoms. The number of carbonyl (C=O) groups is 2. The van der Waals surface area contributed by atoms with Gasteiger partial charge in [-0.15, -0.1) is 0 Å². The Morgan fingerprint density at radius 3 is 2.38 bits per heavy atom. The van der Waals surface area contributed by atoms with Gasteiger partial charge in [0.1, 0.15) is 12.3 Å². The predicted molar refractivity (Wildman–Crippen MR) is 108 cm³/mol. The molecule has 2 aromatic carbocycles. The monoisotopic (exact) mass is 392 g/mol. The summed E-state index contributed by atoms with van der Waals surface area (Å²) < 4.78 is 11.8. The molecule has 0 spiro atoms. The lowest BCUT2D eigenvalue weighted by Crippen LogP contribution is -2.21. The summed E-state index contributed by atoms with van der Waals surface area (Å²) in [6.45, 7) is 0.258. The van der Waals surface area contributed by atoms with Crippen molar-refractivity contribution in [2.75, 3.05) is 12.4 Å². The highest BCUT2D eigenvalue weighted by Gasteiger charge is 2.14. The van der Waals surface area contributed by atoms with Crippen molar-refractivity contribution in [2.45, 2.75) is 6.61 Å². The van der Waals surface area contributed by atoms with Crippen LogP contribution in [0.5, 0.6) is 5.75 Å². The molecule has 7 heteroatoms. The summed E-state index contributed by atoms with van der Waals surface area (Å²) in [5.74, 6) is -0.753. The Balaban J connectivity index is 1.71. The number of nitrogens with zero attached hydrogens (tertiary/aromatic N) is 1. The van der Waals surface area contributed by atoms with E-state index in [4.69, 9.17) is 4.74 Å². The molecule has 0 saturated carbocycles. The second-order valence-corrected chi connectivity index (χ2v) is 6.30. The van der Waals surface area contributed by atoms with Gasteiger partial charge in [0.25, 0.3) is 5.91 Å². The quantitative estimate of drug-likeness (QED) is 0.652. The number of aryl methyl sites for hydroxylation is 1. The van der Waals surface area contributed by atoms with Crippen molar-refractivity contribution in [2.24, 2.45) is 7.05 Å². The van der Waals surface area contributed by atoms with Gasteiger partial charge in [-0.3, -0.25) is 9.59 Å². The zero-order valence-corrected chi connectivity index (χ0v) is 16.0. The minimum atomic E-state index is -0.462. The second kappa shape index (κ2) is 8.88. The van der Waals surface area contributed by atoms with E-state index in [9.17, 15) is 14.4 Å². The van der Waals surface area contributed by atoms with Crippen LogP contribution in [0.15, 0.2) is 71.7 Å². The first-order valence-electron chi connectivity index (χ1n) is 8.85. The summed E-state index contributed by atoms with van der Waals surface area (Å²) in [6, 6.07) is 17.0. The lowest BCUT2D eigenvalue weighted by molar-refractivity contribution is 0.0600. The van der Waals surface area contributed by atoms with E-state index in [0.29, 0.717) is 11.3 Å². The highest BCUT2D eigenvalue weighted by molar-refractivity contribution is 6.03. The molecule has 0 aliphatic rings. The lowest BCUT2D eigenvalue weighted by atomic mass is 10.2. The molecule has 3 rings (SSSR count). The van der Waals surface area contributed by atoms with E-state index >= 15 is 0 Å². The summed E-state index contributed by atoms with van der Waals surface area (Å²) in [6.07, 6.45) is 1.49. The molecule has 1 heterocycles. The minimum absolute atomic E-state index is 0.162. The number of methoxy groups -OCH3 is 1. The van der Waals surface area contributed by atoms with Gasteiger partial charge in [0, 0.05) is 18.8 Å². The van der Waals surface area contributed by atoms with Crippen molar-refractivity contribution in [1.82, 2.24) is 4.57 Å². The number of esters is 1. The van der Waals surface area contributed by atoms with Crippen LogP contribution >= 0.6 is 0 Å². The second-order valence-electron chi connectivity index (χ2n) is 6.30. The van der Waals surface area contributed by atoms with Crippen molar-refractivity contribution < 1.29 is 19.1 Å². The van der Waals surface area contributed by atoms with E-state index in [-0.39, 0.29) is 23.5 Å². The molecule has 1 aromatic heterocycles. The zero-order valence-electron chi connectivity index (χ0n) is 16.0. The summed E-state index contributed by atoms with van der Waals surface area (Å²) in [7, 11) is 2.95. The Morgan fingerprint density at radius 2 is 1.72 bits per heavy atom. The number of aromatic nitrogens is 1. The first-order chi connectivity index (χ1) is 14.0. The maximum absolute atomic E-state index is 12.5. The Morgan fingerprint density at radius 1 is 1.03 bits per heavy atom. The largest absolute Gasteiger partial charge is 0.483 e. The molecule has 0 aliphatic carbocycles. The fraction of sp³-hybridized carbons (Fsp3) is 0.136. The van der Waals surface area contributed by atoms with Crippen molar-refractivity contribution in [3.05, 3.63) is 93.9 Å². The van der Waals surface area contributed by atoms with E-state index < -0.39 is 11.9 Å². The van der Waals surface area contributed by atoms with Crippen LogP contribution in [-0.4, -0.2) is 23.6 Å². The van der Waals surface area contributed by atoms with Crippen molar-refractivity contribution in [3.63, 3.8) is 0 Å². The Labute approximate surface area is 167 Å². The summed E-state index contributed by atoms with van der Waals surface area (Å²) >= 11 is 0. The Hall–Kier alpha value is -3.87. The number of pyridine rings is 1. The normalized spacial score (nSPS) is 10.3. The molecule has 0 aliphatic heterocycles. The molecule has 7 nitrogen and oxygen atoms in total. The number of hydrogen-bond acceptors (Lipinski definition) is 5. The van der Waals surface area contributed by atoms with Gasteiger partial charge < -0.3 is 19.4 Å². The van der Waals surface area contributed by atoms with Gasteiger partial charge in [0.2, 0.25) is 5.43 Å². The third-order valence-electron chi connectivity index (χ3n) is 4.24. The molecule has 0 unspecified atom stereocenters. The van der Waals surface area contributed by atoms with Crippen molar-refractivity contribution >= 4 is 17.6 Å². The van der Waals surface area contributed by atoms with E-state index in [1.54, 1.807) is 31.3 Å². The predicted octanol–water partition coefficient (Wildman–Crippen LogP) is 3.00. The van der Waals surface area contributed by atoms with Crippen molar-refractivity contribution in [3.8, 4) is 5.75 Å². The standard InChI is InChI=1S/C22H20N2O5/c1-24-13-20(29-14-15-6-4-3-5-7-15)19(25)12-18(24)21(26)23-17-10-8-16(9-11-17)22(27)28-2/h3-13H,14H2,1-2H3,(H,23,26). The number of hydrogen-bond donors (Lipinski definition) is 1. The molecule has 148 valence electrons. The topological polar surface area (TPSA) is 86.6 Å². The first kappa shape index (κ1) is 19.9. The van der Waals surface area contributed by atoms with E-state index in [0.717, 1.165) is 5.56 Å². The average Bonchev–Trinajstić information content (AvgIpc) is 2.74. The first-order valence-corrected chi connectivity index (χ1v) is 8.85. The summed E-state index contributed by atoms with van der Waals surface area (Å²) in [5.41, 5.74) is 1.59. The molecule has 0 fully saturated rings. The highest BCUT2D eigenvalue weighted by Crippen LogP contribution is 2.13. The van der Waals surface area contributed by atoms with E-state index in [1.165, 1.54) is 23.9 Å². The molecular weight excluding hydrogens is 372 g/mol. The van der Waals surface area contributed by atoms with Gasteiger partial charge in [0.15, 0.2) is 5.75 Å². The van der Waals surface area contributed by atoms with Gasteiger partial charge in [-0.25, -0.2) is 4.79 Å². The van der Waals surface area contributed by atoms with Crippen LogP contribution in [0.1, 0.15) is 26.4 Å². The molecule has 0 saturated heterocycles. The van der Waals surface area contributed by atoms with Gasteiger partial charge in [-0.05, 0) is 29.8 Å². The smallest absolute Gasteiger partial charge is 0.337 e. The lowest BCUT2D eigenvalue weighted by Gasteiger charge is -2.12. The number of amides is 1. The fourth-order valence-corrected chi connectivity index (χ4v) is 2.68. The van der Waals surface area contributed by atoms with Gasteiger partial charge in [-0.2, -0.15) is 0 Å². The zero-order chi connectivity index (χ0) is 20.8. The Bertz CT molecular complexity index is 1070. The van der Waals surface area contributed by atoms with Gasteiger partial charge >= 0.3 is 5.97 Å². The number of anilines is 1. The van der Waals surface area contributed by atoms with Gasteiger partial charge in [0.05, 0.1) is 18.9 Å². The van der Waals surface area contributed by atoms with Crippen LogP contribution in [0.4, 0.5) is 5.69 Å². The molecule has 3 aromatic rings. The summed E-state index contributed by atoms with van der Waals surface area (Å²) in [4.78, 5) is 36.4. The SMILES string of the molecule is COC(=O)c1ccc(NC(=O)c2cc(=O)c(OCc3ccccc3)cn2C)cc1. The maximum Gasteiger partial charge on any atom is 0.337 e. The molecule has 0 atom stereocenters. The van der Waals surface area contributed by atoms with Crippen LogP contribution in [0.25, 0.3) is 0 Å². The third-order valence-corrected chi connectivity index (χ3v) is 4.24. The number of carbonyl (C=O) groups excluding carboxylic acids is 2. The molecule has 1 N–H and O–H groups in total. The molecule has 1 amide bonds. The van der Waals surface area contributed by atoms with E-state index in [1.807, 2.05) is 30.3 Å². The molecule has 0 bridgehead atoms. The molecule has 0 radical (unpaired) electrons. The Kier molecular flexibility index (Phi) is 6.09. The third kappa shape index (κ3) is 4.90. The van der Waals surface area contributed by atoms with Crippen LogP contribution in [0.3, 0.4) is 0 Å². The van der Waals surface area contributed by atoms with Crippen molar-refractivity contribution in [1.29, 1.82) is 0 Å². The van der Waals surface area contributed by atoms with Gasteiger partial charge in [-0.1, -0.05) is 30.3 Å². The number of nitrogens with one attached hydrogen (secondary N) is 1. The number of ether oxygens (including phenoxy) is 2. The van der Waals surface area contributed by atoms with E-state index in [2.05, 4.69) is 10.1 Å².